The monoisotopic (exact) mass is 239 g/mol. The zero-order valence-electron chi connectivity index (χ0n) is 9.45. The van der Waals surface area contributed by atoms with Gasteiger partial charge in [0.2, 0.25) is 0 Å². The Labute approximate surface area is 104 Å². The first-order valence-corrected chi connectivity index (χ1v) is 5.61. The molecule has 3 aromatic rings. The normalized spacial score (nSPS) is 10.8. The SMILES string of the molecule is Fc1cccc(F)c1-c1[c]ccc2ccccc12. The van der Waals surface area contributed by atoms with Gasteiger partial charge >= 0.3 is 0 Å². The van der Waals surface area contributed by atoms with Crippen LogP contribution < -0.4 is 0 Å². The van der Waals surface area contributed by atoms with Gasteiger partial charge in [-0.15, -0.1) is 0 Å². The number of halogens is 2. The summed E-state index contributed by atoms with van der Waals surface area (Å²) in [4.78, 5) is 0. The lowest BCUT2D eigenvalue weighted by Gasteiger charge is -2.08. The highest BCUT2D eigenvalue weighted by atomic mass is 19.1. The van der Waals surface area contributed by atoms with Crippen LogP contribution in [0.1, 0.15) is 0 Å². The number of fused-ring (bicyclic) bond motifs is 1. The van der Waals surface area contributed by atoms with Gasteiger partial charge in [-0.2, -0.15) is 0 Å². The molecule has 0 aliphatic rings. The van der Waals surface area contributed by atoms with E-state index in [0.29, 0.717) is 5.56 Å². The quantitative estimate of drug-likeness (QED) is 0.582. The Hall–Kier alpha value is -2.22. The molecule has 0 aromatic heterocycles. The maximum atomic E-state index is 13.8. The Balaban J connectivity index is 2.39. The van der Waals surface area contributed by atoms with Crippen molar-refractivity contribution in [3.63, 3.8) is 0 Å². The second-order valence-corrected chi connectivity index (χ2v) is 4.04. The first kappa shape index (κ1) is 10.9. The summed E-state index contributed by atoms with van der Waals surface area (Å²) in [6.45, 7) is 0. The molecule has 3 aromatic carbocycles. The van der Waals surface area contributed by atoms with Crippen molar-refractivity contribution in [2.45, 2.75) is 0 Å². The van der Waals surface area contributed by atoms with E-state index in [2.05, 4.69) is 6.07 Å². The van der Waals surface area contributed by atoms with Gasteiger partial charge in [-0.25, -0.2) is 8.78 Å². The van der Waals surface area contributed by atoms with Crippen molar-refractivity contribution < 1.29 is 8.78 Å². The van der Waals surface area contributed by atoms with Crippen LogP contribution in [0.25, 0.3) is 21.9 Å². The highest BCUT2D eigenvalue weighted by molar-refractivity contribution is 5.96. The van der Waals surface area contributed by atoms with Gasteiger partial charge < -0.3 is 0 Å². The number of rotatable bonds is 1. The van der Waals surface area contributed by atoms with E-state index in [1.807, 2.05) is 30.3 Å². The molecule has 0 heterocycles. The topological polar surface area (TPSA) is 0 Å². The maximum Gasteiger partial charge on any atom is 0.134 e. The van der Waals surface area contributed by atoms with Crippen LogP contribution in [-0.4, -0.2) is 0 Å². The van der Waals surface area contributed by atoms with Gasteiger partial charge in [-0.3, -0.25) is 0 Å². The van der Waals surface area contributed by atoms with E-state index in [4.69, 9.17) is 0 Å². The van der Waals surface area contributed by atoms with Crippen molar-refractivity contribution in [1.82, 2.24) is 0 Å². The van der Waals surface area contributed by atoms with Gasteiger partial charge in [0.1, 0.15) is 11.6 Å². The lowest BCUT2D eigenvalue weighted by atomic mass is 9.97. The molecule has 0 saturated heterocycles. The van der Waals surface area contributed by atoms with Crippen LogP contribution in [0.5, 0.6) is 0 Å². The Morgan fingerprint density at radius 3 is 2.28 bits per heavy atom. The third-order valence-corrected chi connectivity index (χ3v) is 2.93. The minimum Gasteiger partial charge on any atom is -0.206 e. The molecule has 2 heteroatoms. The minimum absolute atomic E-state index is 0.0192. The van der Waals surface area contributed by atoms with E-state index in [9.17, 15) is 8.78 Å². The lowest BCUT2D eigenvalue weighted by molar-refractivity contribution is 0.590. The summed E-state index contributed by atoms with van der Waals surface area (Å²) in [6, 6.07) is 17.8. The first-order valence-electron chi connectivity index (χ1n) is 5.61. The summed E-state index contributed by atoms with van der Waals surface area (Å²) in [7, 11) is 0. The standard InChI is InChI=1S/C16H9F2/c17-14-9-4-10-15(18)16(14)13-8-3-6-11-5-1-2-7-12(11)13/h1-7,9-10H. The Morgan fingerprint density at radius 2 is 1.50 bits per heavy atom. The predicted octanol–water partition coefficient (Wildman–Crippen LogP) is 4.59. The summed E-state index contributed by atoms with van der Waals surface area (Å²) >= 11 is 0. The van der Waals surface area contributed by atoms with Crippen molar-refractivity contribution in [3.05, 3.63) is 72.3 Å². The van der Waals surface area contributed by atoms with Gasteiger partial charge in [0, 0.05) is 5.56 Å². The molecule has 0 atom stereocenters. The molecule has 1 radical (unpaired) electrons. The second-order valence-electron chi connectivity index (χ2n) is 4.04. The van der Waals surface area contributed by atoms with Crippen molar-refractivity contribution in [1.29, 1.82) is 0 Å². The van der Waals surface area contributed by atoms with Crippen molar-refractivity contribution >= 4 is 10.8 Å². The van der Waals surface area contributed by atoms with E-state index >= 15 is 0 Å². The molecule has 0 nitrogen and oxygen atoms in total. The summed E-state index contributed by atoms with van der Waals surface area (Å²) in [5, 5.41) is 1.73. The van der Waals surface area contributed by atoms with E-state index in [1.54, 1.807) is 6.07 Å². The van der Waals surface area contributed by atoms with Gasteiger partial charge in [0.15, 0.2) is 0 Å². The molecule has 18 heavy (non-hydrogen) atoms. The molecule has 0 N–H and O–H groups in total. The molecule has 0 bridgehead atoms. The summed E-state index contributed by atoms with van der Waals surface area (Å²) in [6.07, 6.45) is 0. The summed E-state index contributed by atoms with van der Waals surface area (Å²) in [5.41, 5.74) is 0.443. The predicted molar refractivity (Wildman–Crippen MR) is 68.1 cm³/mol. The fraction of sp³-hybridized carbons (Fsp3) is 0. The van der Waals surface area contributed by atoms with Crippen molar-refractivity contribution in [3.8, 4) is 11.1 Å². The van der Waals surface area contributed by atoms with E-state index < -0.39 is 11.6 Å². The molecular formula is C16H9F2. The third-order valence-electron chi connectivity index (χ3n) is 2.93. The average Bonchev–Trinajstić information content (AvgIpc) is 2.39. The Morgan fingerprint density at radius 1 is 0.778 bits per heavy atom. The van der Waals surface area contributed by atoms with Crippen LogP contribution in [0.2, 0.25) is 0 Å². The van der Waals surface area contributed by atoms with Crippen LogP contribution in [0.3, 0.4) is 0 Å². The zero-order chi connectivity index (χ0) is 12.5. The van der Waals surface area contributed by atoms with E-state index in [-0.39, 0.29) is 5.56 Å². The first-order chi connectivity index (χ1) is 8.77. The number of hydrogen-bond donors (Lipinski definition) is 0. The van der Waals surface area contributed by atoms with Crippen molar-refractivity contribution in [2.24, 2.45) is 0 Å². The van der Waals surface area contributed by atoms with E-state index in [0.717, 1.165) is 10.8 Å². The number of hydrogen-bond acceptors (Lipinski definition) is 0. The molecule has 0 aliphatic carbocycles. The summed E-state index contributed by atoms with van der Waals surface area (Å²) < 4.78 is 27.6. The zero-order valence-corrected chi connectivity index (χ0v) is 9.45. The molecule has 0 aliphatic heterocycles. The Bertz CT molecular complexity index is 692. The van der Waals surface area contributed by atoms with Crippen LogP contribution >= 0.6 is 0 Å². The van der Waals surface area contributed by atoms with Crippen LogP contribution in [0.15, 0.2) is 54.6 Å². The van der Waals surface area contributed by atoms with Gasteiger partial charge in [-0.05, 0) is 29.0 Å². The maximum absolute atomic E-state index is 13.8. The molecule has 0 amide bonds. The minimum atomic E-state index is -0.567. The number of benzene rings is 3. The lowest BCUT2D eigenvalue weighted by Crippen LogP contribution is -1.90. The highest BCUT2D eigenvalue weighted by Gasteiger charge is 2.13. The van der Waals surface area contributed by atoms with Gasteiger partial charge in [0.05, 0.1) is 5.56 Å². The van der Waals surface area contributed by atoms with Crippen LogP contribution in [0.4, 0.5) is 8.78 Å². The molecule has 0 fully saturated rings. The molecule has 87 valence electrons. The molecule has 3 rings (SSSR count). The molecule has 0 unspecified atom stereocenters. The highest BCUT2D eigenvalue weighted by Crippen LogP contribution is 2.31. The average molecular weight is 239 g/mol. The third kappa shape index (κ3) is 1.66. The molecular weight excluding hydrogens is 230 g/mol. The van der Waals surface area contributed by atoms with Crippen LogP contribution in [-0.2, 0) is 0 Å². The van der Waals surface area contributed by atoms with Gasteiger partial charge in [-0.1, -0.05) is 42.5 Å². The Kier molecular flexibility index (Phi) is 2.56. The van der Waals surface area contributed by atoms with Gasteiger partial charge in [0.25, 0.3) is 0 Å². The van der Waals surface area contributed by atoms with E-state index in [1.165, 1.54) is 18.2 Å². The fourth-order valence-electron chi connectivity index (χ4n) is 2.11. The van der Waals surface area contributed by atoms with Crippen molar-refractivity contribution in [2.75, 3.05) is 0 Å². The second kappa shape index (κ2) is 4.22. The molecule has 0 spiro atoms. The largest absolute Gasteiger partial charge is 0.206 e. The van der Waals surface area contributed by atoms with Crippen LogP contribution in [0, 0.1) is 17.7 Å². The smallest absolute Gasteiger partial charge is 0.134 e. The molecule has 0 saturated carbocycles. The summed E-state index contributed by atoms with van der Waals surface area (Å²) in [5.74, 6) is -1.13. The fourth-order valence-corrected chi connectivity index (χ4v) is 2.11.